The van der Waals surface area contributed by atoms with Crippen LogP contribution in [0.4, 0.5) is 19.0 Å². The van der Waals surface area contributed by atoms with E-state index in [1.54, 1.807) is 18.2 Å². The minimum atomic E-state index is -4.86. The molecule has 1 saturated heterocycles. The van der Waals surface area contributed by atoms with Crippen molar-refractivity contribution in [3.8, 4) is 34.1 Å². The molecule has 178 valence electrons. The highest BCUT2D eigenvalue weighted by Crippen LogP contribution is 2.33. The van der Waals surface area contributed by atoms with Crippen molar-refractivity contribution in [2.24, 2.45) is 5.92 Å². The van der Waals surface area contributed by atoms with Crippen molar-refractivity contribution in [3.63, 3.8) is 0 Å². The third-order valence-corrected chi connectivity index (χ3v) is 5.99. The summed E-state index contributed by atoms with van der Waals surface area (Å²) in [5.74, 6) is 0.905. The van der Waals surface area contributed by atoms with E-state index in [4.69, 9.17) is 0 Å². The minimum Gasteiger partial charge on any atom is -0.507 e. The van der Waals surface area contributed by atoms with E-state index in [2.05, 4.69) is 35.1 Å². The van der Waals surface area contributed by atoms with Crippen LogP contribution < -0.4 is 15.0 Å². The molecular formula is C23H23F3N6O2. The summed E-state index contributed by atoms with van der Waals surface area (Å²) in [6.07, 6.45) is -0.161. The number of phenolic OH excluding ortho intramolecular Hbond substituents is 1. The standard InChI is InChI=1S/C23H23F3N6O2/c24-23(25,26)34-22-10-19(28-13-29-22)15-3-4-17(20(33)9-15)18-5-6-21(31-30-18)32-8-7-16(12-32)27-11-14-1-2-14/h3-6,9-10,13-14,16,27,33H,1-2,7-8,11-12H2. The molecule has 3 heterocycles. The average Bonchev–Trinajstić information content (AvgIpc) is 3.52. The summed E-state index contributed by atoms with van der Waals surface area (Å²) in [7, 11) is 0. The number of anilines is 1. The summed E-state index contributed by atoms with van der Waals surface area (Å²) in [5.41, 5.74) is 1.52. The summed E-state index contributed by atoms with van der Waals surface area (Å²) >= 11 is 0. The fourth-order valence-electron chi connectivity index (χ4n) is 4.01. The lowest BCUT2D eigenvalue weighted by Crippen LogP contribution is -2.34. The number of rotatable bonds is 7. The van der Waals surface area contributed by atoms with Gasteiger partial charge in [-0.25, -0.2) is 9.97 Å². The number of ether oxygens (including phenoxy) is 1. The lowest BCUT2D eigenvalue weighted by Gasteiger charge is -2.17. The first-order chi connectivity index (χ1) is 16.3. The number of benzene rings is 1. The van der Waals surface area contributed by atoms with E-state index in [1.807, 2.05) is 6.07 Å². The Morgan fingerprint density at radius 3 is 2.59 bits per heavy atom. The summed E-state index contributed by atoms with van der Waals surface area (Å²) in [5, 5.41) is 22.8. The normalized spacial score (nSPS) is 18.3. The van der Waals surface area contributed by atoms with Gasteiger partial charge in [-0.2, -0.15) is 0 Å². The largest absolute Gasteiger partial charge is 0.574 e. The van der Waals surface area contributed by atoms with Gasteiger partial charge in [0.1, 0.15) is 12.1 Å². The van der Waals surface area contributed by atoms with E-state index in [1.165, 1.54) is 18.9 Å². The topological polar surface area (TPSA) is 96.3 Å². The minimum absolute atomic E-state index is 0.0954. The third-order valence-electron chi connectivity index (χ3n) is 5.99. The molecule has 0 radical (unpaired) electrons. The SMILES string of the molecule is Oc1cc(-c2cc(OC(F)(F)F)ncn2)ccc1-c1ccc(N2CCC(NCC3CC3)C2)nn1. The molecule has 8 nitrogen and oxygen atoms in total. The van der Waals surface area contributed by atoms with E-state index in [9.17, 15) is 18.3 Å². The molecule has 1 aromatic carbocycles. The molecule has 5 rings (SSSR count). The number of aromatic nitrogens is 4. The molecule has 34 heavy (non-hydrogen) atoms. The van der Waals surface area contributed by atoms with E-state index in [0.717, 1.165) is 50.2 Å². The molecule has 11 heteroatoms. The highest BCUT2D eigenvalue weighted by molar-refractivity contribution is 5.73. The Kier molecular flexibility index (Phi) is 5.94. The molecule has 0 bridgehead atoms. The number of nitrogens with zero attached hydrogens (tertiary/aromatic N) is 5. The molecule has 0 amide bonds. The number of nitrogens with one attached hydrogen (secondary N) is 1. The smallest absolute Gasteiger partial charge is 0.507 e. The zero-order valence-electron chi connectivity index (χ0n) is 18.2. The van der Waals surface area contributed by atoms with E-state index in [0.29, 0.717) is 22.9 Å². The van der Waals surface area contributed by atoms with Gasteiger partial charge >= 0.3 is 6.36 Å². The van der Waals surface area contributed by atoms with Crippen molar-refractivity contribution < 1.29 is 23.0 Å². The van der Waals surface area contributed by atoms with Crippen LogP contribution in [0, 0.1) is 5.92 Å². The molecule has 1 unspecified atom stereocenters. The van der Waals surface area contributed by atoms with Crippen LogP contribution in [0.1, 0.15) is 19.3 Å². The van der Waals surface area contributed by atoms with Crippen LogP contribution in [-0.2, 0) is 0 Å². The van der Waals surface area contributed by atoms with Crippen molar-refractivity contribution in [2.75, 3.05) is 24.5 Å². The Bertz CT molecular complexity index is 1150. The van der Waals surface area contributed by atoms with Gasteiger partial charge < -0.3 is 20.1 Å². The zero-order chi connectivity index (χ0) is 23.7. The van der Waals surface area contributed by atoms with Gasteiger partial charge in [-0.3, -0.25) is 0 Å². The van der Waals surface area contributed by atoms with Crippen molar-refractivity contribution in [2.45, 2.75) is 31.7 Å². The zero-order valence-corrected chi connectivity index (χ0v) is 18.2. The van der Waals surface area contributed by atoms with Crippen molar-refractivity contribution >= 4 is 5.82 Å². The van der Waals surface area contributed by atoms with E-state index < -0.39 is 12.2 Å². The fourth-order valence-corrected chi connectivity index (χ4v) is 4.01. The van der Waals surface area contributed by atoms with Gasteiger partial charge in [0.05, 0.1) is 11.4 Å². The molecule has 1 saturated carbocycles. The van der Waals surface area contributed by atoms with Crippen LogP contribution in [0.3, 0.4) is 0 Å². The maximum Gasteiger partial charge on any atom is 0.574 e. The molecular weight excluding hydrogens is 449 g/mol. The molecule has 2 fully saturated rings. The van der Waals surface area contributed by atoms with Gasteiger partial charge in [0, 0.05) is 36.3 Å². The first kappa shape index (κ1) is 22.3. The molecule has 2 aliphatic rings. The van der Waals surface area contributed by atoms with Crippen LogP contribution >= 0.6 is 0 Å². The molecule has 3 aromatic rings. The van der Waals surface area contributed by atoms with Gasteiger partial charge in [0.15, 0.2) is 5.82 Å². The lowest BCUT2D eigenvalue weighted by molar-refractivity contribution is -0.276. The quantitative estimate of drug-likeness (QED) is 0.536. The molecule has 0 spiro atoms. The summed E-state index contributed by atoms with van der Waals surface area (Å²) in [6, 6.07) is 9.84. The average molecular weight is 472 g/mol. The molecule has 2 N–H and O–H groups in total. The maximum atomic E-state index is 12.5. The van der Waals surface area contributed by atoms with Gasteiger partial charge in [-0.05, 0) is 56.0 Å². The Balaban J connectivity index is 1.27. The Hall–Kier alpha value is -3.47. The van der Waals surface area contributed by atoms with Crippen LogP contribution in [-0.4, -0.2) is 57.3 Å². The number of aromatic hydroxyl groups is 1. The van der Waals surface area contributed by atoms with Gasteiger partial charge in [0.25, 0.3) is 0 Å². The second kappa shape index (κ2) is 9.05. The summed E-state index contributed by atoms with van der Waals surface area (Å²) in [4.78, 5) is 9.62. The lowest BCUT2D eigenvalue weighted by atomic mass is 10.1. The number of alkyl halides is 3. The van der Waals surface area contributed by atoms with Crippen LogP contribution in [0.2, 0.25) is 0 Å². The first-order valence-electron chi connectivity index (χ1n) is 11.1. The predicted octanol–water partition coefficient (Wildman–Crippen LogP) is 3.78. The predicted molar refractivity (Wildman–Crippen MR) is 118 cm³/mol. The highest BCUT2D eigenvalue weighted by Gasteiger charge is 2.32. The number of phenols is 1. The Labute approximate surface area is 193 Å². The second-order valence-electron chi connectivity index (χ2n) is 8.58. The Morgan fingerprint density at radius 1 is 1.03 bits per heavy atom. The highest BCUT2D eigenvalue weighted by atomic mass is 19.4. The molecule has 1 aliphatic heterocycles. The number of hydrogen-bond acceptors (Lipinski definition) is 8. The van der Waals surface area contributed by atoms with Gasteiger partial charge in [-0.15, -0.1) is 23.4 Å². The fraction of sp³-hybridized carbons (Fsp3) is 0.391. The van der Waals surface area contributed by atoms with Crippen LogP contribution in [0.25, 0.3) is 22.5 Å². The van der Waals surface area contributed by atoms with Crippen molar-refractivity contribution in [1.29, 1.82) is 0 Å². The molecule has 2 aromatic heterocycles. The Morgan fingerprint density at radius 2 is 1.88 bits per heavy atom. The first-order valence-corrected chi connectivity index (χ1v) is 11.1. The van der Waals surface area contributed by atoms with Crippen molar-refractivity contribution in [1.82, 2.24) is 25.5 Å². The third kappa shape index (κ3) is 5.36. The summed E-state index contributed by atoms with van der Waals surface area (Å²) in [6.45, 7) is 2.89. The van der Waals surface area contributed by atoms with Crippen LogP contribution in [0.15, 0.2) is 42.7 Å². The van der Waals surface area contributed by atoms with E-state index in [-0.39, 0.29) is 11.4 Å². The summed E-state index contributed by atoms with van der Waals surface area (Å²) < 4.78 is 41.2. The maximum absolute atomic E-state index is 12.5. The second-order valence-corrected chi connectivity index (χ2v) is 8.58. The molecule has 1 atom stereocenters. The van der Waals surface area contributed by atoms with Crippen LogP contribution in [0.5, 0.6) is 11.6 Å². The molecule has 1 aliphatic carbocycles. The van der Waals surface area contributed by atoms with Gasteiger partial charge in [0.2, 0.25) is 5.88 Å². The van der Waals surface area contributed by atoms with Crippen molar-refractivity contribution in [3.05, 3.63) is 42.7 Å². The van der Waals surface area contributed by atoms with Gasteiger partial charge in [-0.1, -0.05) is 6.07 Å². The number of hydrogen-bond donors (Lipinski definition) is 2. The van der Waals surface area contributed by atoms with E-state index >= 15 is 0 Å². The monoisotopic (exact) mass is 472 g/mol. The number of halogens is 3.